The number of hydrogen-bond acceptors (Lipinski definition) is 6. The zero-order chi connectivity index (χ0) is 23.2. The molecule has 33 heavy (non-hydrogen) atoms. The van der Waals surface area contributed by atoms with Crippen molar-refractivity contribution >= 4 is 16.1 Å². The van der Waals surface area contributed by atoms with E-state index in [1.165, 1.54) is 10.4 Å². The highest BCUT2D eigenvalue weighted by atomic mass is 32.2. The maximum atomic E-state index is 13.4. The van der Waals surface area contributed by atoms with Crippen molar-refractivity contribution in [1.82, 2.24) is 25.1 Å². The molecule has 0 saturated heterocycles. The predicted octanol–water partition coefficient (Wildman–Crippen LogP) is 3.20. The number of carbonyl (C=O) groups is 1. The third-order valence-electron chi connectivity index (χ3n) is 6.52. The number of benzene rings is 1. The van der Waals surface area contributed by atoms with Crippen LogP contribution >= 0.6 is 0 Å². The van der Waals surface area contributed by atoms with Crippen LogP contribution in [0.5, 0.6) is 0 Å². The molecule has 2 aromatic rings. The summed E-state index contributed by atoms with van der Waals surface area (Å²) in [7, 11) is -3.85. The summed E-state index contributed by atoms with van der Waals surface area (Å²) in [5.74, 6) is -0.423. The second kappa shape index (κ2) is 8.64. The molecule has 2 saturated carbocycles. The second-order valence-corrected chi connectivity index (χ2v) is 10.7. The van der Waals surface area contributed by atoms with Crippen LogP contribution in [0.3, 0.4) is 0 Å². The van der Waals surface area contributed by atoms with Gasteiger partial charge in [0.15, 0.2) is 0 Å². The normalized spacial score (nSPS) is 24.6. The van der Waals surface area contributed by atoms with Crippen molar-refractivity contribution in [2.45, 2.75) is 68.5 Å². The Balaban J connectivity index is 1.35. The molecule has 2 atom stereocenters. The van der Waals surface area contributed by atoms with Gasteiger partial charge in [-0.2, -0.15) is 13.1 Å². The Hall–Kier alpha value is -2.60. The van der Waals surface area contributed by atoms with Gasteiger partial charge in [0.25, 0.3) is 5.89 Å². The molecule has 3 aliphatic rings. The topological polar surface area (TPSA) is 117 Å². The number of aromatic nitrogens is 2. The first-order valence-electron chi connectivity index (χ1n) is 11.1. The van der Waals surface area contributed by atoms with Gasteiger partial charge in [-0.1, -0.05) is 18.9 Å². The van der Waals surface area contributed by atoms with Gasteiger partial charge in [0, 0.05) is 30.7 Å². The van der Waals surface area contributed by atoms with Gasteiger partial charge in [0.2, 0.25) is 15.9 Å². The van der Waals surface area contributed by atoms with E-state index in [0.29, 0.717) is 30.9 Å². The largest absolute Gasteiger partial charge is 0.415 e. The molecule has 2 amide bonds. The minimum atomic E-state index is -3.85. The lowest BCUT2D eigenvalue weighted by atomic mass is 9.90. The summed E-state index contributed by atoms with van der Waals surface area (Å²) in [6.45, 7) is 0.832. The number of nitrogens with one attached hydrogen (secondary N) is 2. The lowest BCUT2D eigenvalue weighted by Gasteiger charge is -2.37. The smallest absolute Gasteiger partial charge is 0.315 e. The number of carbonyl (C=O) groups excluding carboxylic acids is 1. The highest BCUT2D eigenvalue weighted by molar-refractivity contribution is 7.89. The average Bonchev–Trinajstić information content (AvgIpc) is 3.41. The van der Waals surface area contributed by atoms with E-state index in [0.717, 1.165) is 25.7 Å². The minimum Gasteiger partial charge on any atom is -0.415 e. The summed E-state index contributed by atoms with van der Waals surface area (Å²) >= 11 is 0. The summed E-state index contributed by atoms with van der Waals surface area (Å²) < 4.78 is 58.9. The van der Waals surface area contributed by atoms with Crippen LogP contribution in [0.2, 0.25) is 0 Å². The van der Waals surface area contributed by atoms with Gasteiger partial charge in [-0.15, -0.1) is 10.2 Å². The number of urea groups is 1. The Morgan fingerprint density at radius 3 is 2.70 bits per heavy atom. The Morgan fingerprint density at radius 2 is 1.97 bits per heavy atom. The zero-order valence-electron chi connectivity index (χ0n) is 17.8. The summed E-state index contributed by atoms with van der Waals surface area (Å²) in [5.41, 5.74) is 0.867. The number of halogens is 2. The van der Waals surface area contributed by atoms with Crippen molar-refractivity contribution in [3.63, 3.8) is 0 Å². The van der Waals surface area contributed by atoms with Gasteiger partial charge in [0.1, 0.15) is 0 Å². The first-order valence-corrected chi connectivity index (χ1v) is 12.6. The fourth-order valence-electron chi connectivity index (χ4n) is 4.58. The van der Waals surface area contributed by atoms with E-state index >= 15 is 0 Å². The molecule has 2 aliphatic carbocycles. The third-order valence-corrected chi connectivity index (χ3v) is 8.47. The monoisotopic (exact) mass is 481 g/mol. The van der Waals surface area contributed by atoms with E-state index in [1.54, 1.807) is 12.1 Å². The number of alkyl halides is 2. The number of hydrogen-bond donors (Lipinski definition) is 2. The van der Waals surface area contributed by atoms with Gasteiger partial charge in [0.05, 0.1) is 4.90 Å². The molecule has 0 bridgehead atoms. The minimum absolute atomic E-state index is 0.0966. The number of sulfonamides is 1. The van der Waals surface area contributed by atoms with Gasteiger partial charge in [-0.3, -0.25) is 0 Å². The van der Waals surface area contributed by atoms with E-state index in [-0.39, 0.29) is 41.0 Å². The number of rotatable bonds is 6. The highest BCUT2D eigenvalue weighted by Crippen LogP contribution is 2.38. The van der Waals surface area contributed by atoms with Crippen LogP contribution in [0.4, 0.5) is 13.6 Å². The Morgan fingerprint density at radius 1 is 1.18 bits per heavy atom. The zero-order valence-corrected chi connectivity index (χ0v) is 18.7. The fourth-order valence-corrected chi connectivity index (χ4v) is 6.49. The van der Waals surface area contributed by atoms with Gasteiger partial charge in [-0.25, -0.2) is 13.2 Å². The average molecular weight is 482 g/mol. The number of nitrogens with zero attached hydrogens (tertiary/aromatic N) is 3. The van der Waals surface area contributed by atoms with Crippen molar-refractivity contribution < 1.29 is 26.4 Å². The van der Waals surface area contributed by atoms with Crippen LogP contribution in [0.25, 0.3) is 11.5 Å². The molecule has 178 valence electrons. The molecule has 2 fully saturated rings. The second-order valence-electron chi connectivity index (χ2n) is 8.87. The van der Waals surface area contributed by atoms with Crippen molar-refractivity contribution in [1.29, 1.82) is 0 Å². The van der Waals surface area contributed by atoms with Crippen molar-refractivity contribution in [2.24, 2.45) is 5.92 Å². The quantitative estimate of drug-likeness (QED) is 0.654. The van der Waals surface area contributed by atoms with Gasteiger partial charge in [-0.05, 0) is 49.3 Å². The van der Waals surface area contributed by atoms with Crippen LogP contribution in [-0.4, -0.2) is 47.6 Å². The van der Waals surface area contributed by atoms with Crippen LogP contribution in [0.15, 0.2) is 27.5 Å². The first kappa shape index (κ1) is 22.2. The van der Waals surface area contributed by atoms with Gasteiger partial charge >= 0.3 is 12.5 Å². The Kier molecular flexibility index (Phi) is 5.81. The van der Waals surface area contributed by atoms with E-state index in [2.05, 4.69) is 20.8 Å². The summed E-state index contributed by atoms with van der Waals surface area (Å²) in [6.07, 6.45) is 2.49. The van der Waals surface area contributed by atoms with Crippen molar-refractivity contribution in [3.05, 3.63) is 29.7 Å². The first-order chi connectivity index (χ1) is 15.8. The molecule has 9 nitrogen and oxygen atoms in total. The molecule has 2 N–H and O–H groups in total. The molecule has 1 aromatic heterocycles. The number of amides is 2. The Labute approximate surface area is 190 Å². The summed E-state index contributed by atoms with van der Waals surface area (Å²) in [5, 5.41) is 12.8. The standard InChI is InChI=1S/C21H25F2N5O4S/c22-18(23)20-27-26-19(32-20)13-7-8-14-11-28(33(30,31)17(14)9-13)16-4-2-1-3-15(16)25-21(29)24-10-12-5-6-12/h7-9,12,15-16,18H,1-6,10-11H2,(H2,24,25,29)/t15-,16-/m1/s1. The van der Waals surface area contributed by atoms with E-state index in [4.69, 9.17) is 4.42 Å². The summed E-state index contributed by atoms with van der Waals surface area (Å²) in [4.78, 5) is 12.5. The van der Waals surface area contributed by atoms with Crippen LogP contribution in [0.1, 0.15) is 56.4 Å². The van der Waals surface area contributed by atoms with Crippen molar-refractivity contribution in [2.75, 3.05) is 6.54 Å². The molecule has 12 heteroatoms. The molecular formula is C21H25F2N5O4S. The lowest BCUT2D eigenvalue weighted by Crippen LogP contribution is -2.55. The molecular weight excluding hydrogens is 456 g/mol. The van der Waals surface area contributed by atoms with Crippen molar-refractivity contribution in [3.8, 4) is 11.5 Å². The predicted molar refractivity (Wildman–Crippen MR) is 113 cm³/mol. The number of fused-ring (bicyclic) bond motifs is 1. The molecule has 0 unspecified atom stereocenters. The highest BCUT2D eigenvalue weighted by Gasteiger charge is 2.43. The summed E-state index contributed by atoms with van der Waals surface area (Å²) in [6, 6.07) is 3.71. The Bertz CT molecular complexity index is 1150. The lowest BCUT2D eigenvalue weighted by molar-refractivity contribution is 0.116. The third kappa shape index (κ3) is 4.45. The maximum Gasteiger partial charge on any atom is 0.315 e. The molecule has 1 aromatic carbocycles. The molecule has 0 radical (unpaired) electrons. The van der Waals surface area contributed by atoms with Gasteiger partial charge < -0.3 is 15.1 Å². The molecule has 1 aliphatic heterocycles. The van der Waals surface area contributed by atoms with Crippen LogP contribution < -0.4 is 10.6 Å². The van der Waals surface area contributed by atoms with E-state index in [1.807, 2.05) is 0 Å². The fraction of sp³-hybridized carbons (Fsp3) is 0.571. The van der Waals surface area contributed by atoms with E-state index < -0.39 is 22.3 Å². The maximum absolute atomic E-state index is 13.4. The SMILES string of the molecule is O=C(NCC1CC1)N[C@@H]1CCCC[C@H]1N1Cc2ccc(-c3nnc(C(F)F)o3)cc2S1(=O)=O. The van der Waals surface area contributed by atoms with Crippen LogP contribution in [-0.2, 0) is 16.6 Å². The molecule has 2 heterocycles. The van der Waals surface area contributed by atoms with E-state index in [9.17, 15) is 22.0 Å². The van der Waals surface area contributed by atoms with Crippen LogP contribution in [0, 0.1) is 5.92 Å². The molecule has 0 spiro atoms. The molecule has 5 rings (SSSR count).